The Bertz CT molecular complexity index is 780. The fourth-order valence-corrected chi connectivity index (χ4v) is 2.51. The number of nitrogens with one attached hydrogen (secondary N) is 1. The molecule has 0 aliphatic heterocycles. The van der Waals surface area contributed by atoms with Crippen molar-refractivity contribution < 1.29 is 9.18 Å². The summed E-state index contributed by atoms with van der Waals surface area (Å²) >= 11 is 0. The first-order valence-corrected chi connectivity index (χ1v) is 7.27. The molecule has 0 fully saturated rings. The van der Waals surface area contributed by atoms with E-state index in [1.165, 1.54) is 17.7 Å². The van der Waals surface area contributed by atoms with Crippen molar-refractivity contribution in [1.29, 1.82) is 0 Å². The number of nitrogens with zero attached hydrogens (tertiary/aromatic N) is 1. The van der Waals surface area contributed by atoms with Gasteiger partial charge in [-0.1, -0.05) is 30.3 Å². The summed E-state index contributed by atoms with van der Waals surface area (Å²) in [4.78, 5) is 12.0. The number of hydrogen-bond donors (Lipinski definition) is 1. The highest BCUT2D eigenvalue weighted by molar-refractivity contribution is 5.83. The van der Waals surface area contributed by atoms with Crippen LogP contribution >= 0.6 is 0 Å². The first kappa shape index (κ1) is 14.3. The van der Waals surface area contributed by atoms with Crippen molar-refractivity contribution >= 4 is 16.8 Å². The van der Waals surface area contributed by atoms with E-state index in [9.17, 15) is 9.18 Å². The fraction of sp³-hybridized carbons (Fsp3) is 0.167. The molecule has 1 N–H and O–H groups in total. The molecule has 22 heavy (non-hydrogen) atoms. The van der Waals surface area contributed by atoms with Crippen molar-refractivity contribution in [3.63, 3.8) is 0 Å². The maximum Gasteiger partial charge on any atom is 0.239 e. The molecular weight excluding hydrogens is 279 g/mol. The van der Waals surface area contributed by atoms with Gasteiger partial charge in [-0.25, -0.2) is 4.39 Å². The van der Waals surface area contributed by atoms with Gasteiger partial charge in [-0.05, 0) is 36.2 Å². The summed E-state index contributed by atoms with van der Waals surface area (Å²) in [6, 6.07) is 16.4. The predicted molar refractivity (Wildman–Crippen MR) is 85.1 cm³/mol. The second kappa shape index (κ2) is 6.43. The molecule has 0 spiro atoms. The number of amides is 1. The molecule has 1 heterocycles. The molecule has 0 saturated carbocycles. The molecule has 3 rings (SSSR count). The second-order valence-corrected chi connectivity index (χ2v) is 5.23. The molecule has 0 radical (unpaired) electrons. The Morgan fingerprint density at radius 1 is 1.09 bits per heavy atom. The van der Waals surface area contributed by atoms with Gasteiger partial charge in [0.15, 0.2) is 0 Å². The average Bonchev–Trinajstić information content (AvgIpc) is 2.90. The lowest BCUT2D eigenvalue weighted by atomic mass is 10.1. The molecule has 0 aliphatic carbocycles. The second-order valence-electron chi connectivity index (χ2n) is 5.23. The van der Waals surface area contributed by atoms with E-state index in [-0.39, 0.29) is 18.3 Å². The average molecular weight is 296 g/mol. The van der Waals surface area contributed by atoms with Crippen LogP contribution in [0.15, 0.2) is 60.8 Å². The third-order valence-corrected chi connectivity index (χ3v) is 3.63. The standard InChI is InChI=1S/C18H17FN2O/c19-16-6-7-17-15(12-16)9-11-21(17)13-18(22)20-10-8-14-4-2-1-3-5-14/h1-7,9,11-12H,8,10,13H2,(H,20,22). The van der Waals surface area contributed by atoms with Gasteiger partial charge < -0.3 is 9.88 Å². The number of carbonyl (C=O) groups is 1. The minimum atomic E-state index is -0.266. The summed E-state index contributed by atoms with van der Waals surface area (Å²) in [7, 11) is 0. The summed E-state index contributed by atoms with van der Waals surface area (Å²) in [5.41, 5.74) is 2.06. The lowest BCUT2D eigenvalue weighted by molar-refractivity contribution is -0.121. The van der Waals surface area contributed by atoms with Crippen molar-refractivity contribution in [3.8, 4) is 0 Å². The van der Waals surface area contributed by atoms with Crippen molar-refractivity contribution in [1.82, 2.24) is 9.88 Å². The lowest BCUT2D eigenvalue weighted by Crippen LogP contribution is -2.29. The van der Waals surface area contributed by atoms with E-state index in [0.717, 1.165) is 17.3 Å². The molecule has 1 aromatic heterocycles. The van der Waals surface area contributed by atoms with E-state index >= 15 is 0 Å². The van der Waals surface area contributed by atoms with Crippen LogP contribution in [0.4, 0.5) is 4.39 Å². The molecule has 112 valence electrons. The van der Waals surface area contributed by atoms with E-state index in [4.69, 9.17) is 0 Å². The molecule has 0 bridgehead atoms. The number of halogens is 1. The summed E-state index contributed by atoms with van der Waals surface area (Å²) in [5.74, 6) is -0.310. The van der Waals surface area contributed by atoms with E-state index < -0.39 is 0 Å². The smallest absolute Gasteiger partial charge is 0.239 e. The van der Waals surface area contributed by atoms with Crippen molar-refractivity contribution in [2.75, 3.05) is 6.54 Å². The topological polar surface area (TPSA) is 34.0 Å². The Morgan fingerprint density at radius 3 is 2.73 bits per heavy atom. The van der Waals surface area contributed by atoms with Gasteiger partial charge >= 0.3 is 0 Å². The number of carbonyl (C=O) groups excluding carboxylic acids is 1. The van der Waals surface area contributed by atoms with Gasteiger partial charge in [0.25, 0.3) is 0 Å². The van der Waals surface area contributed by atoms with E-state index in [2.05, 4.69) is 5.32 Å². The van der Waals surface area contributed by atoms with E-state index in [1.54, 1.807) is 12.3 Å². The lowest BCUT2D eigenvalue weighted by Gasteiger charge is -2.07. The zero-order valence-corrected chi connectivity index (χ0v) is 12.1. The van der Waals surface area contributed by atoms with Gasteiger partial charge in [-0.15, -0.1) is 0 Å². The molecule has 0 unspecified atom stereocenters. The largest absolute Gasteiger partial charge is 0.354 e. The zero-order chi connectivity index (χ0) is 15.4. The Kier molecular flexibility index (Phi) is 4.19. The van der Waals surface area contributed by atoms with Crippen LogP contribution in [0.1, 0.15) is 5.56 Å². The van der Waals surface area contributed by atoms with Crippen LogP contribution in [0.5, 0.6) is 0 Å². The summed E-state index contributed by atoms with van der Waals surface area (Å²) in [6.07, 6.45) is 2.62. The highest BCUT2D eigenvalue weighted by Crippen LogP contribution is 2.16. The molecule has 0 saturated heterocycles. The maximum absolute atomic E-state index is 13.1. The van der Waals surface area contributed by atoms with Crippen molar-refractivity contribution in [2.45, 2.75) is 13.0 Å². The van der Waals surface area contributed by atoms with Gasteiger partial charge in [0, 0.05) is 23.6 Å². The Balaban J connectivity index is 1.57. The first-order valence-electron chi connectivity index (χ1n) is 7.27. The number of benzene rings is 2. The monoisotopic (exact) mass is 296 g/mol. The van der Waals surface area contributed by atoms with Crippen molar-refractivity contribution in [3.05, 3.63) is 72.2 Å². The SMILES string of the molecule is O=C(Cn1ccc2cc(F)ccc21)NCCc1ccccc1. The van der Waals surface area contributed by atoms with Crippen LogP contribution in [-0.2, 0) is 17.8 Å². The molecule has 0 atom stereocenters. The quantitative estimate of drug-likeness (QED) is 0.771. The summed E-state index contributed by atoms with van der Waals surface area (Å²) in [5, 5.41) is 3.71. The van der Waals surface area contributed by atoms with Gasteiger partial charge in [0.1, 0.15) is 12.4 Å². The molecule has 4 heteroatoms. The highest BCUT2D eigenvalue weighted by Gasteiger charge is 2.06. The van der Waals surface area contributed by atoms with Gasteiger partial charge in [0.05, 0.1) is 0 Å². The Labute approximate surface area is 128 Å². The Morgan fingerprint density at radius 2 is 1.91 bits per heavy atom. The van der Waals surface area contributed by atoms with Gasteiger partial charge in [0.2, 0.25) is 5.91 Å². The summed E-state index contributed by atoms with van der Waals surface area (Å²) < 4.78 is 15.0. The van der Waals surface area contributed by atoms with Crippen molar-refractivity contribution in [2.24, 2.45) is 0 Å². The number of hydrogen-bond acceptors (Lipinski definition) is 1. The number of rotatable bonds is 5. The third kappa shape index (κ3) is 3.34. The van der Waals surface area contributed by atoms with Crippen LogP contribution in [0.25, 0.3) is 10.9 Å². The van der Waals surface area contributed by atoms with Crippen LogP contribution < -0.4 is 5.32 Å². The number of fused-ring (bicyclic) bond motifs is 1. The van der Waals surface area contributed by atoms with Crippen LogP contribution in [-0.4, -0.2) is 17.0 Å². The molecular formula is C18H17FN2O. The summed E-state index contributed by atoms with van der Waals surface area (Å²) in [6.45, 7) is 0.848. The normalized spacial score (nSPS) is 10.8. The van der Waals surface area contributed by atoms with Gasteiger partial charge in [-0.2, -0.15) is 0 Å². The molecule has 1 amide bonds. The van der Waals surface area contributed by atoms with Crippen LogP contribution in [0.3, 0.4) is 0 Å². The van der Waals surface area contributed by atoms with E-state index in [0.29, 0.717) is 6.54 Å². The number of aromatic nitrogens is 1. The molecule has 3 nitrogen and oxygen atoms in total. The highest BCUT2D eigenvalue weighted by atomic mass is 19.1. The third-order valence-electron chi connectivity index (χ3n) is 3.63. The van der Waals surface area contributed by atoms with Gasteiger partial charge in [-0.3, -0.25) is 4.79 Å². The van der Waals surface area contributed by atoms with Crippen LogP contribution in [0.2, 0.25) is 0 Å². The molecule has 0 aliphatic rings. The Hall–Kier alpha value is -2.62. The maximum atomic E-state index is 13.1. The molecule has 3 aromatic rings. The van der Waals surface area contributed by atoms with E-state index in [1.807, 2.05) is 41.0 Å². The predicted octanol–water partition coefficient (Wildman–Crippen LogP) is 3.14. The fourth-order valence-electron chi connectivity index (χ4n) is 2.51. The first-order chi connectivity index (χ1) is 10.7. The zero-order valence-electron chi connectivity index (χ0n) is 12.1. The van der Waals surface area contributed by atoms with Crippen LogP contribution in [0, 0.1) is 5.82 Å². The minimum Gasteiger partial charge on any atom is -0.354 e. The molecule has 2 aromatic carbocycles. The minimum absolute atomic E-state index is 0.0437.